The van der Waals surface area contributed by atoms with Gasteiger partial charge in [-0.2, -0.15) is 4.57 Å². The Kier molecular flexibility index (Phi) is 5.25. The van der Waals surface area contributed by atoms with Crippen LogP contribution in [-0.4, -0.2) is 4.57 Å². The predicted octanol–water partition coefficient (Wildman–Crippen LogP) is 10.9. The summed E-state index contributed by atoms with van der Waals surface area (Å²) < 4.78 is 60.9. The Hall–Kier alpha value is -4.63. The number of rotatable bonds is 5. The van der Waals surface area contributed by atoms with Crippen LogP contribution in [0.25, 0.3) is 61.2 Å². The van der Waals surface area contributed by atoms with Crippen LogP contribution in [-0.2, 0) is 7.05 Å². The van der Waals surface area contributed by atoms with Crippen molar-refractivity contribution in [1.82, 2.24) is 4.57 Å². The summed E-state index contributed by atoms with van der Waals surface area (Å²) in [5.74, 6) is 1.10. The zero-order chi connectivity index (χ0) is 35.9. The number of nitrogens with zero attached hydrogens (tertiary/aromatic N) is 2. The standard InChI is InChI=1S/C41H41N2O/c1-24(2)32-22-30(29-14-10-9-11-15-29)23-33(25(3)4)39(32)43-36-17-13-12-16-35(36)42(8)41(43)38-28(7)27(6)21-34-31-19-18-26(5)20-37(31)44-40(34)38/h9-25H,1-8H3/q+1/i5D3,6D3. The maximum atomic E-state index is 8.61. The van der Waals surface area contributed by atoms with Crippen LogP contribution in [0.1, 0.15) is 75.6 Å². The first-order valence-corrected chi connectivity index (χ1v) is 15.3. The van der Waals surface area contributed by atoms with Gasteiger partial charge in [0, 0.05) is 30.1 Å². The number of fused-ring (bicyclic) bond motifs is 4. The highest BCUT2D eigenvalue weighted by molar-refractivity contribution is 6.10. The van der Waals surface area contributed by atoms with Gasteiger partial charge in [0.1, 0.15) is 16.8 Å². The van der Waals surface area contributed by atoms with E-state index >= 15 is 0 Å². The summed E-state index contributed by atoms with van der Waals surface area (Å²) in [4.78, 5) is 0. The minimum absolute atomic E-state index is 0.157. The first-order valence-electron chi connectivity index (χ1n) is 18.3. The van der Waals surface area contributed by atoms with E-state index < -0.39 is 13.7 Å². The Balaban J connectivity index is 1.68. The van der Waals surface area contributed by atoms with Crippen molar-refractivity contribution in [3.63, 3.8) is 0 Å². The fraction of sp³-hybridized carbons (Fsp3) is 0.244. The summed E-state index contributed by atoms with van der Waals surface area (Å²) in [6.07, 6.45) is 0. The summed E-state index contributed by atoms with van der Waals surface area (Å²) in [6.45, 7) is 5.97. The molecule has 0 saturated heterocycles. The third kappa shape index (κ3) is 4.29. The van der Waals surface area contributed by atoms with Crippen molar-refractivity contribution in [3.8, 4) is 28.2 Å². The SMILES string of the molecule is [2H]C([2H])([2H])c1ccc2c(c1)oc1c(-c3n(-c4c(C(C)C)cc(-c5ccccc5)cc4C(C)C)c4ccccc4[n+]3C)c(C)c(C([2H])([2H])[2H])cc12. The van der Waals surface area contributed by atoms with E-state index in [1.54, 1.807) is 24.3 Å². The fourth-order valence-corrected chi connectivity index (χ4v) is 6.71. The van der Waals surface area contributed by atoms with Gasteiger partial charge in [-0.05, 0) is 96.7 Å². The lowest BCUT2D eigenvalue weighted by atomic mass is 9.88. The fourth-order valence-electron chi connectivity index (χ4n) is 6.71. The van der Waals surface area contributed by atoms with E-state index in [1.807, 2.05) is 32.2 Å². The molecule has 2 aromatic heterocycles. The van der Waals surface area contributed by atoms with Crippen LogP contribution in [0.2, 0.25) is 0 Å². The van der Waals surface area contributed by atoms with E-state index in [1.165, 1.54) is 11.1 Å². The van der Waals surface area contributed by atoms with Gasteiger partial charge in [-0.25, -0.2) is 4.57 Å². The lowest BCUT2D eigenvalue weighted by Gasteiger charge is -2.21. The van der Waals surface area contributed by atoms with E-state index in [-0.39, 0.29) is 23.0 Å². The predicted molar refractivity (Wildman–Crippen MR) is 185 cm³/mol. The largest absolute Gasteiger partial charge is 0.455 e. The van der Waals surface area contributed by atoms with E-state index in [9.17, 15) is 0 Å². The molecule has 0 N–H and O–H groups in total. The molecule has 0 amide bonds. The number of aryl methyl sites for hydroxylation is 3. The minimum atomic E-state index is -2.41. The Morgan fingerprint density at radius 1 is 0.750 bits per heavy atom. The van der Waals surface area contributed by atoms with E-state index in [4.69, 9.17) is 12.6 Å². The van der Waals surface area contributed by atoms with Crippen LogP contribution in [0.15, 0.2) is 95.4 Å². The highest BCUT2D eigenvalue weighted by Crippen LogP contribution is 2.43. The molecule has 7 aromatic rings. The lowest BCUT2D eigenvalue weighted by molar-refractivity contribution is -0.633. The summed E-state index contributed by atoms with van der Waals surface area (Å²) in [6, 6.07) is 29.8. The Bertz CT molecular complexity index is 2400. The first kappa shape index (κ1) is 22.0. The average molecular weight is 584 g/mol. The van der Waals surface area contributed by atoms with Crippen LogP contribution >= 0.6 is 0 Å². The van der Waals surface area contributed by atoms with E-state index in [0.717, 1.165) is 33.7 Å². The molecule has 0 aliphatic rings. The molecule has 0 fully saturated rings. The molecule has 0 unspecified atom stereocenters. The molecule has 5 aromatic carbocycles. The molecule has 220 valence electrons. The third-order valence-electron chi connectivity index (χ3n) is 9.00. The van der Waals surface area contributed by atoms with Gasteiger partial charge in [0.2, 0.25) is 0 Å². The first-order chi connectivity index (χ1) is 23.6. The normalized spacial score (nSPS) is 14.6. The molecule has 7 rings (SSSR count). The molecule has 0 bridgehead atoms. The van der Waals surface area contributed by atoms with Crippen molar-refractivity contribution >= 4 is 33.0 Å². The van der Waals surface area contributed by atoms with Crippen molar-refractivity contribution in [3.05, 3.63) is 119 Å². The molecule has 0 radical (unpaired) electrons. The number of aromatic nitrogens is 2. The van der Waals surface area contributed by atoms with Crippen molar-refractivity contribution < 1.29 is 17.2 Å². The van der Waals surface area contributed by atoms with Gasteiger partial charge in [-0.1, -0.05) is 82.3 Å². The summed E-state index contributed by atoms with van der Waals surface area (Å²) in [7, 11) is 2.01. The number of hydrogen-bond acceptors (Lipinski definition) is 1. The number of hydrogen-bond donors (Lipinski definition) is 0. The van der Waals surface area contributed by atoms with Gasteiger partial charge < -0.3 is 4.42 Å². The molecule has 0 saturated carbocycles. The number of para-hydroxylation sites is 2. The van der Waals surface area contributed by atoms with Gasteiger partial charge in [-0.3, -0.25) is 0 Å². The van der Waals surface area contributed by atoms with Gasteiger partial charge in [0.15, 0.2) is 16.6 Å². The van der Waals surface area contributed by atoms with Gasteiger partial charge in [-0.15, -0.1) is 0 Å². The smallest absolute Gasteiger partial charge is 0.299 e. The van der Waals surface area contributed by atoms with Crippen LogP contribution < -0.4 is 4.57 Å². The Morgan fingerprint density at radius 3 is 2.14 bits per heavy atom. The van der Waals surface area contributed by atoms with Crippen molar-refractivity contribution in [2.24, 2.45) is 7.05 Å². The monoisotopic (exact) mass is 583 g/mol. The molecule has 3 nitrogen and oxygen atoms in total. The molecule has 0 aliphatic heterocycles. The summed E-state index contributed by atoms with van der Waals surface area (Å²) >= 11 is 0. The molecule has 3 heteroatoms. The average Bonchev–Trinajstić information content (AvgIpc) is 3.57. The highest BCUT2D eigenvalue weighted by atomic mass is 16.3. The van der Waals surface area contributed by atoms with Crippen LogP contribution in [0.3, 0.4) is 0 Å². The molecule has 0 spiro atoms. The number of furan rings is 1. The van der Waals surface area contributed by atoms with Gasteiger partial charge in [0.05, 0.1) is 7.05 Å². The van der Waals surface area contributed by atoms with Gasteiger partial charge >= 0.3 is 0 Å². The van der Waals surface area contributed by atoms with E-state index in [2.05, 4.69) is 85.4 Å². The minimum Gasteiger partial charge on any atom is -0.455 e. The number of benzene rings is 5. The van der Waals surface area contributed by atoms with E-state index in [0.29, 0.717) is 33.1 Å². The number of imidazole rings is 1. The maximum Gasteiger partial charge on any atom is 0.299 e. The topological polar surface area (TPSA) is 21.9 Å². The summed E-state index contributed by atoms with van der Waals surface area (Å²) in [5, 5.41) is 1.30. The highest BCUT2D eigenvalue weighted by Gasteiger charge is 2.34. The Morgan fingerprint density at radius 2 is 1.45 bits per heavy atom. The molecular weight excluding hydrogens is 536 g/mol. The summed E-state index contributed by atoms with van der Waals surface area (Å²) in [5.41, 5.74) is 10.2. The van der Waals surface area contributed by atoms with Crippen molar-refractivity contribution in [2.75, 3.05) is 0 Å². The zero-order valence-corrected chi connectivity index (χ0v) is 26.1. The second-order valence-corrected chi connectivity index (χ2v) is 12.5. The zero-order valence-electron chi connectivity index (χ0n) is 32.1. The second kappa shape index (κ2) is 10.5. The lowest BCUT2D eigenvalue weighted by Crippen LogP contribution is -2.30. The van der Waals surface area contributed by atoms with Crippen LogP contribution in [0.4, 0.5) is 0 Å². The van der Waals surface area contributed by atoms with Crippen molar-refractivity contribution in [2.45, 2.75) is 60.2 Å². The second-order valence-electron chi connectivity index (χ2n) is 12.5. The van der Waals surface area contributed by atoms with Crippen LogP contribution in [0.5, 0.6) is 0 Å². The third-order valence-corrected chi connectivity index (χ3v) is 9.00. The van der Waals surface area contributed by atoms with Crippen molar-refractivity contribution in [1.29, 1.82) is 0 Å². The molecule has 2 heterocycles. The molecule has 0 atom stereocenters. The quantitative estimate of drug-likeness (QED) is 0.185. The molecule has 44 heavy (non-hydrogen) atoms. The maximum absolute atomic E-state index is 8.61. The molecular formula is C41H41N2O+. The van der Waals surface area contributed by atoms with Crippen LogP contribution in [0, 0.1) is 20.6 Å². The molecule has 0 aliphatic carbocycles. The van der Waals surface area contributed by atoms with Gasteiger partial charge in [0.25, 0.3) is 5.82 Å². The Labute approximate surface area is 268 Å².